The number of fused-ring (bicyclic) bond motifs is 1. The van der Waals surface area contributed by atoms with E-state index in [2.05, 4.69) is 123 Å². The Morgan fingerprint density at radius 1 is 0.861 bits per heavy atom. The summed E-state index contributed by atoms with van der Waals surface area (Å²) in [5, 5.41) is 6.02. The van der Waals surface area contributed by atoms with Crippen LogP contribution in [0, 0.1) is 5.41 Å². The number of hydrogen-bond donors (Lipinski definition) is 1. The van der Waals surface area contributed by atoms with Crippen molar-refractivity contribution in [1.82, 2.24) is 5.32 Å². The molecule has 36 heavy (non-hydrogen) atoms. The Morgan fingerprint density at radius 2 is 1.56 bits per heavy atom. The van der Waals surface area contributed by atoms with Crippen LogP contribution in [0.1, 0.15) is 50.3 Å². The lowest BCUT2D eigenvalue weighted by atomic mass is 9.71. The predicted molar refractivity (Wildman–Crippen MR) is 154 cm³/mol. The molecule has 0 radical (unpaired) electrons. The molecule has 0 saturated carbocycles. The maximum absolute atomic E-state index is 5.53. The normalized spacial score (nSPS) is 13.5. The van der Waals surface area contributed by atoms with E-state index in [4.69, 9.17) is 9.73 Å². The van der Waals surface area contributed by atoms with Crippen molar-refractivity contribution in [3.05, 3.63) is 120 Å². The largest absolute Gasteiger partial charge is 0.497 e. The Kier molecular flexibility index (Phi) is 7.90. The van der Waals surface area contributed by atoms with Gasteiger partial charge in [0.25, 0.3) is 0 Å². The molecule has 0 fully saturated rings. The van der Waals surface area contributed by atoms with Gasteiger partial charge in [-0.15, -0.1) is 0 Å². The summed E-state index contributed by atoms with van der Waals surface area (Å²) >= 11 is 0. The van der Waals surface area contributed by atoms with Gasteiger partial charge < -0.3 is 10.1 Å². The number of amidine groups is 1. The van der Waals surface area contributed by atoms with Crippen molar-refractivity contribution in [1.29, 1.82) is 0 Å². The first-order valence-electron chi connectivity index (χ1n) is 12.5. The number of benzene rings is 4. The second-order valence-corrected chi connectivity index (χ2v) is 9.90. The lowest BCUT2D eigenvalue weighted by Gasteiger charge is -2.34. The van der Waals surface area contributed by atoms with Gasteiger partial charge in [-0.1, -0.05) is 98.8 Å². The predicted octanol–water partition coefficient (Wildman–Crippen LogP) is 8.08. The van der Waals surface area contributed by atoms with Gasteiger partial charge in [0.15, 0.2) is 0 Å². The molecule has 3 nitrogen and oxygen atoms in total. The molecular weight excluding hydrogens is 440 g/mol. The third-order valence-corrected chi connectivity index (χ3v) is 6.73. The lowest BCUT2D eigenvalue weighted by Crippen LogP contribution is -2.28. The van der Waals surface area contributed by atoms with Crippen LogP contribution in [0.2, 0.25) is 0 Å². The average molecular weight is 477 g/mol. The molecule has 0 amide bonds. The second-order valence-electron chi connectivity index (χ2n) is 9.90. The van der Waals surface area contributed by atoms with Gasteiger partial charge in [0.1, 0.15) is 5.75 Å². The van der Waals surface area contributed by atoms with Crippen LogP contribution in [0.4, 0.5) is 0 Å². The standard InChI is InChI=1S/C33H36N2O/c1-6-31(28-20-19-25-13-10-11-16-27(25)21-28)35-24(2)34-23-33(3,4)32(26-14-8-7-9-15-26)29-17-12-18-30(22-29)36-5/h6-22,32H,23H2,1-5H3,(H,34,35)/b31-6-. The van der Waals surface area contributed by atoms with E-state index >= 15 is 0 Å². The van der Waals surface area contributed by atoms with Crippen molar-refractivity contribution in [3.63, 3.8) is 0 Å². The third-order valence-electron chi connectivity index (χ3n) is 6.73. The first-order valence-corrected chi connectivity index (χ1v) is 12.5. The number of ether oxygens (including phenoxy) is 1. The Balaban J connectivity index is 1.57. The van der Waals surface area contributed by atoms with Crippen LogP contribution < -0.4 is 10.1 Å². The highest BCUT2D eigenvalue weighted by molar-refractivity contribution is 5.92. The maximum atomic E-state index is 5.53. The number of rotatable bonds is 8. The van der Waals surface area contributed by atoms with Gasteiger partial charge in [-0.3, -0.25) is 4.99 Å². The van der Waals surface area contributed by atoms with Gasteiger partial charge in [0, 0.05) is 18.2 Å². The highest BCUT2D eigenvalue weighted by Gasteiger charge is 2.32. The average Bonchev–Trinajstić information content (AvgIpc) is 2.91. The fraction of sp³-hybridized carbons (Fsp3) is 0.242. The molecule has 0 spiro atoms. The van der Waals surface area contributed by atoms with Gasteiger partial charge in [-0.25, -0.2) is 0 Å². The zero-order valence-corrected chi connectivity index (χ0v) is 22.0. The van der Waals surface area contributed by atoms with Crippen molar-refractivity contribution in [2.45, 2.75) is 33.6 Å². The summed E-state index contributed by atoms with van der Waals surface area (Å²) in [6, 6.07) is 34.1. The molecule has 4 rings (SSSR count). The first kappa shape index (κ1) is 25.2. The molecule has 0 saturated heterocycles. The Morgan fingerprint density at radius 3 is 2.28 bits per heavy atom. The first-order chi connectivity index (χ1) is 17.4. The van der Waals surface area contributed by atoms with Crippen molar-refractivity contribution in [2.75, 3.05) is 13.7 Å². The molecule has 0 aliphatic carbocycles. The van der Waals surface area contributed by atoms with Gasteiger partial charge in [-0.2, -0.15) is 0 Å². The van der Waals surface area contributed by atoms with Crippen LogP contribution in [0.25, 0.3) is 16.5 Å². The zero-order chi connectivity index (χ0) is 25.5. The molecular formula is C33H36N2O. The minimum atomic E-state index is -0.129. The Bertz CT molecular complexity index is 1370. The zero-order valence-electron chi connectivity index (χ0n) is 22.0. The molecule has 1 atom stereocenters. The molecule has 0 aliphatic rings. The van der Waals surface area contributed by atoms with Gasteiger partial charge in [-0.05, 0) is 64.9 Å². The summed E-state index contributed by atoms with van der Waals surface area (Å²) in [7, 11) is 1.72. The maximum Gasteiger partial charge on any atom is 0.119 e. The van der Waals surface area contributed by atoms with E-state index in [0.29, 0.717) is 6.54 Å². The smallest absolute Gasteiger partial charge is 0.119 e. The van der Waals surface area contributed by atoms with Crippen LogP contribution in [0.15, 0.2) is 108 Å². The van der Waals surface area contributed by atoms with E-state index in [-0.39, 0.29) is 11.3 Å². The van der Waals surface area contributed by atoms with Crippen LogP contribution >= 0.6 is 0 Å². The molecule has 1 N–H and O–H groups in total. The van der Waals surface area contributed by atoms with Crippen molar-refractivity contribution < 1.29 is 4.74 Å². The fourth-order valence-electron chi connectivity index (χ4n) is 4.88. The molecule has 0 heterocycles. The quantitative estimate of drug-likeness (QED) is 0.206. The third kappa shape index (κ3) is 5.85. The molecule has 4 aromatic carbocycles. The molecule has 0 aromatic heterocycles. The summed E-state index contributed by atoms with van der Waals surface area (Å²) < 4.78 is 5.53. The van der Waals surface area contributed by atoms with Gasteiger partial charge in [0.2, 0.25) is 0 Å². The highest BCUT2D eigenvalue weighted by Crippen LogP contribution is 2.42. The Labute approximate surface area is 215 Å². The lowest BCUT2D eigenvalue weighted by molar-refractivity contribution is 0.329. The monoisotopic (exact) mass is 476 g/mol. The molecule has 3 heteroatoms. The molecule has 4 aromatic rings. The van der Waals surface area contributed by atoms with E-state index < -0.39 is 0 Å². The molecule has 0 bridgehead atoms. The number of hydrogen-bond acceptors (Lipinski definition) is 2. The van der Waals surface area contributed by atoms with E-state index in [0.717, 1.165) is 22.8 Å². The van der Waals surface area contributed by atoms with E-state index in [1.807, 2.05) is 13.0 Å². The van der Waals surface area contributed by atoms with Crippen LogP contribution in [-0.4, -0.2) is 19.5 Å². The summed E-state index contributed by atoms with van der Waals surface area (Å²) in [6.45, 7) is 9.37. The van der Waals surface area contributed by atoms with E-state index in [1.165, 1.54) is 21.9 Å². The van der Waals surface area contributed by atoms with Crippen molar-refractivity contribution >= 4 is 22.3 Å². The number of nitrogens with one attached hydrogen (secondary N) is 1. The number of aliphatic imine (C=N–C) groups is 1. The highest BCUT2D eigenvalue weighted by atomic mass is 16.5. The topological polar surface area (TPSA) is 33.6 Å². The minimum Gasteiger partial charge on any atom is -0.497 e. The fourth-order valence-corrected chi connectivity index (χ4v) is 4.88. The van der Waals surface area contributed by atoms with Gasteiger partial charge in [0.05, 0.1) is 12.9 Å². The molecule has 0 aliphatic heterocycles. The summed E-state index contributed by atoms with van der Waals surface area (Å²) in [5.74, 6) is 1.95. The number of methoxy groups -OCH3 is 1. The number of allylic oxidation sites excluding steroid dienone is 1. The van der Waals surface area contributed by atoms with Crippen LogP contribution in [0.5, 0.6) is 5.75 Å². The van der Waals surface area contributed by atoms with Gasteiger partial charge >= 0.3 is 0 Å². The number of nitrogens with zero attached hydrogens (tertiary/aromatic N) is 1. The SMILES string of the molecule is C/C=C(\NC(C)=NCC(C)(C)C(c1ccccc1)c1cccc(OC)c1)c1ccc2ccccc2c1. The van der Waals surface area contributed by atoms with Crippen molar-refractivity contribution in [2.24, 2.45) is 10.4 Å². The molecule has 1 unspecified atom stereocenters. The summed E-state index contributed by atoms with van der Waals surface area (Å²) in [5.41, 5.74) is 4.60. The summed E-state index contributed by atoms with van der Waals surface area (Å²) in [6.07, 6.45) is 2.11. The van der Waals surface area contributed by atoms with Crippen molar-refractivity contribution in [3.8, 4) is 5.75 Å². The minimum absolute atomic E-state index is 0.129. The molecule has 184 valence electrons. The second kappa shape index (κ2) is 11.3. The van der Waals surface area contributed by atoms with Crippen LogP contribution in [-0.2, 0) is 0 Å². The van der Waals surface area contributed by atoms with E-state index in [9.17, 15) is 0 Å². The summed E-state index contributed by atoms with van der Waals surface area (Å²) in [4.78, 5) is 5.02. The van der Waals surface area contributed by atoms with E-state index in [1.54, 1.807) is 7.11 Å². The Hall–Kier alpha value is -3.85. The van der Waals surface area contributed by atoms with Crippen LogP contribution in [0.3, 0.4) is 0 Å².